The van der Waals surface area contributed by atoms with Gasteiger partial charge in [0.15, 0.2) is 0 Å². The molecular formula is C24H25N5O3. The average molecular weight is 431 g/mol. The fourth-order valence-electron chi connectivity index (χ4n) is 3.60. The van der Waals surface area contributed by atoms with Crippen LogP contribution in [0.25, 0.3) is 22.3 Å². The first kappa shape index (κ1) is 21.2. The number of rotatable bonds is 8. The van der Waals surface area contributed by atoms with E-state index in [4.69, 9.17) is 15.2 Å². The van der Waals surface area contributed by atoms with Gasteiger partial charge in [-0.1, -0.05) is 12.1 Å². The van der Waals surface area contributed by atoms with Crippen LogP contribution in [0, 0.1) is 0 Å². The second-order valence-corrected chi connectivity index (χ2v) is 7.35. The number of anilines is 1. The number of aryl methyl sites for hydroxylation is 1. The minimum atomic E-state index is -0.450. The number of nitrogens with two attached hydrogens (primary N) is 1. The van der Waals surface area contributed by atoms with E-state index in [-0.39, 0.29) is 0 Å². The summed E-state index contributed by atoms with van der Waals surface area (Å²) in [4.78, 5) is 20.5. The van der Waals surface area contributed by atoms with Crippen molar-refractivity contribution in [2.45, 2.75) is 6.42 Å². The smallest absolute Gasteiger partial charge is 0.248 e. The van der Waals surface area contributed by atoms with Gasteiger partial charge in [-0.15, -0.1) is 0 Å². The Morgan fingerprint density at radius 2 is 1.88 bits per heavy atom. The van der Waals surface area contributed by atoms with Crippen molar-refractivity contribution in [1.82, 2.24) is 14.5 Å². The van der Waals surface area contributed by atoms with Crippen LogP contribution in [0.1, 0.15) is 15.9 Å². The lowest BCUT2D eigenvalue weighted by Crippen LogP contribution is -2.10. The lowest BCUT2D eigenvalue weighted by atomic mass is 10.1. The summed E-state index contributed by atoms with van der Waals surface area (Å²) >= 11 is 0. The van der Waals surface area contributed by atoms with Crippen molar-refractivity contribution in [1.29, 1.82) is 0 Å². The van der Waals surface area contributed by atoms with Crippen LogP contribution in [0.3, 0.4) is 0 Å². The summed E-state index contributed by atoms with van der Waals surface area (Å²) in [5, 5.41) is 3.40. The van der Waals surface area contributed by atoms with E-state index in [9.17, 15) is 4.79 Å². The number of imidazole rings is 1. The molecule has 0 bridgehead atoms. The third-order valence-corrected chi connectivity index (χ3v) is 5.40. The van der Waals surface area contributed by atoms with Crippen LogP contribution < -0.4 is 20.5 Å². The van der Waals surface area contributed by atoms with Crippen molar-refractivity contribution in [2.24, 2.45) is 12.8 Å². The van der Waals surface area contributed by atoms with E-state index in [1.807, 2.05) is 48.0 Å². The van der Waals surface area contributed by atoms with Gasteiger partial charge < -0.3 is 25.1 Å². The second kappa shape index (κ2) is 8.97. The SMILES string of the molecule is COc1ccc(OC)c(CCNc2nc3cnc(-c4ccc(C(N)=O)cc4)cc3n2C)c1. The van der Waals surface area contributed by atoms with Gasteiger partial charge in [-0.25, -0.2) is 4.98 Å². The van der Waals surface area contributed by atoms with E-state index in [0.717, 1.165) is 51.7 Å². The lowest BCUT2D eigenvalue weighted by Gasteiger charge is -2.11. The van der Waals surface area contributed by atoms with Gasteiger partial charge in [-0.3, -0.25) is 9.78 Å². The number of benzene rings is 2. The minimum absolute atomic E-state index is 0.450. The Hall–Kier alpha value is -4.07. The molecule has 8 nitrogen and oxygen atoms in total. The Morgan fingerprint density at radius 1 is 1.09 bits per heavy atom. The molecule has 0 atom stereocenters. The Balaban J connectivity index is 1.52. The van der Waals surface area contributed by atoms with Crippen LogP contribution in [0.5, 0.6) is 11.5 Å². The number of primary amides is 1. The average Bonchev–Trinajstić information content (AvgIpc) is 3.13. The highest BCUT2D eigenvalue weighted by Crippen LogP contribution is 2.26. The highest BCUT2D eigenvalue weighted by molar-refractivity contribution is 5.93. The van der Waals surface area contributed by atoms with Gasteiger partial charge in [-0.05, 0) is 48.4 Å². The topological polar surface area (TPSA) is 104 Å². The molecule has 0 radical (unpaired) electrons. The molecule has 0 aliphatic carbocycles. The van der Waals surface area contributed by atoms with Crippen molar-refractivity contribution in [3.63, 3.8) is 0 Å². The van der Waals surface area contributed by atoms with Crippen LogP contribution >= 0.6 is 0 Å². The maximum atomic E-state index is 11.3. The molecule has 0 aliphatic heterocycles. The molecule has 0 unspecified atom stereocenters. The summed E-state index contributed by atoms with van der Waals surface area (Å²) in [5.41, 5.74) is 10.3. The third kappa shape index (κ3) is 4.20. The molecule has 0 aliphatic rings. The summed E-state index contributed by atoms with van der Waals surface area (Å²) in [7, 11) is 5.28. The Morgan fingerprint density at radius 3 is 2.56 bits per heavy atom. The summed E-state index contributed by atoms with van der Waals surface area (Å²) < 4.78 is 12.8. The normalized spacial score (nSPS) is 10.8. The number of aromatic nitrogens is 3. The van der Waals surface area contributed by atoms with Crippen molar-refractivity contribution in [3.8, 4) is 22.8 Å². The standard InChI is InChI=1S/C24H25N5O3/c1-29-21-13-19(15-4-6-16(7-5-15)23(25)30)27-14-20(21)28-24(29)26-11-10-17-12-18(31-2)8-9-22(17)32-3/h4-9,12-14H,10-11H2,1-3H3,(H2,25,30)(H,26,28). The van der Waals surface area contributed by atoms with Gasteiger partial charge in [0.1, 0.15) is 17.0 Å². The second-order valence-electron chi connectivity index (χ2n) is 7.35. The summed E-state index contributed by atoms with van der Waals surface area (Å²) in [6.07, 6.45) is 2.50. The molecule has 3 N–H and O–H groups in total. The molecule has 1 amide bonds. The molecular weight excluding hydrogens is 406 g/mol. The zero-order chi connectivity index (χ0) is 22.7. The van der Waals surface area contributed by atoms with Crippen LogP contribution in [0.4, 0.5) is 5.95 Å². The quantitative estimate of drug-likeness (QED) is 0.443. The molecule has 2 aromatic carbocycles. The van der Waals surface area contributed by atoms with Crippen molar-refractivity contribution >= 4 is 22.9 Å². The number of pyridine rings is 1. The highest BCUT2D eigenvalue weighted by atomic mass is 16.5. The summed E-state index contributed by atoms with van der Waals surface area (Å²) in [6, 6.07) is 14.8. The molecule has 32 heavy (non-hydrogen) atoms. The molecule has 4 aromatic rings. The highest BCUT2D eigenvalue weighted by Gasteiger charge is 2.11. The molecule has 0 saturated heterocycles. The van der Waals surface area contributed by atoms with Gasteiger partial charge in [0, 0.05) is 24.7 Å². The van der Waals surface area contributed by atoms with Crippen molar-refractivity contribution in [3.05, 3.63) is 65.9 Å². The lowest BCUT2D eigenvalue weighted by molar-refractivity contribution is 0.100. The maximum absolute atomic E-state index is 11.3. The molecule has 4 rings (SSSR count). The number of hydrogen-bond donors (Lipinski definition) is 2. The van der Waals surface area contributed by atoms with Crippen molar-refractivity contribution in [2.75, 3.05) is 26.1 Å². The van der Waals surface area contributed by atoms with E-state index in [0.29, 0.717) is 12.1 Å². The molecule has 0 saturated carbocycles. The summed E-state index contributed by atoms with van der Waals surface area (Å²) in [5.74, 6) is 1.93. The molecule has 0 fully saturated rings. The number of carbonyl (C=O) groups excluding carboxylic acids is 1. The van der Waals surface area contributed by atoms with Crippen LogP contribution in [-0.2, 0) is 13.5 Å². The van der Waals surface area contributed by atoms with Gasteiger partial charge in [0.2, 0.25) is 11.9 Å². The number of nitrogens with one attached hydrogen (secondary N) is 1. The van der Waals surface area contributed by atoms with Crippen LogP contribution in [0.2, 0.25) is 0 Å². The number of nitrogens with zero attached hydrogens (tertiary/aromatic N) is 3. The number of amides is 1. The number of methoxy groups -OCH3 is 2. The van der Waals surface area contributed by atoms with Crippen LogP contribution in [-0.4, -0.2) is 41.2 Å². The monoisotopic (exact) mass is 431 g/mol. The Labute approximate surface area is 186 Å². The van der Waals surface area contributed by atoms with E-state index in [1.165, 1.54) is 0 Å². The molecule has 2 aromatic heterocycles. The van der Waals surface area contributed by atoms with E-state index in [2.05, 4.69) is 15.3 Å². The first-order chi connectivity index (χ1) is 15.5. The fourth-order valence-corrected chi connectivity index (χ4v) is 3.60. The number of hydrogen-bond acceptors (Lipinski definition) is 6. The molecule has 0 spiro atoms. The van der Waals surface area contributed by atoms with Crippen molar-refractivity contribution < 1.29 is 14.3 Å². The van der Waals surface area contributed by atoms with Gasteiger partial charge in [0.25, 0.3) is 0 Å². The molecule has 164 valence electrons. The van der Waals surface area contributed by atoms with E-state index >= 15 is 0 Å². The Bertz CT molecular complexity index is 1260. The summed E-state index contributed by atoms with van der Waals surface area (Å²) in [6.45, 7) is 0.676. The third-order valence-electron chi connectivity index (χ3n) is 5.40. The van der Waals surface area contributed by atoms with Crippen LogP contribution in [0.15, 0.2) is 54.7 Å². The van der Waals surface area contributed by atoms with E-state index in [1.54, 1.807) is 32.5 Å². The zero-order valence-electron chi connectivity index (χ0n) is 18.3. The zero-order valence-corrected chi connectivity index (χ0v) is 18.3. The van der Waals surface area contributed by atoms with E-state index < -0.39 is 5.91 Å². The fraction of sp³-hybridized carbons (Fsp3) is 0.208. The largest absolute Gasteiger partial charge is 0.497 e. The Kier molecular flexibility index (Phi) is 5.93. The number of ether oxygens (including phenoxy) is 2. The predicted molar refractivity (Wildman–Crippen MR) is 124 cm³/mol. The van der Waals surface area contributed by atoms with Gasteiger partial charge in [-0.2, -0.15) is 0 Å². The molecule has 2 heterocycles. The number of carbonyl (C=O) groups is 1. The first-order valence-corrected chi connectivity index (χ1v) is 10.2. The predicted octanol–water partition coefficient (Wildman–Crippen LogP) is 3.41. The molecule has 8 heteroatoms. The van der Waals surface area contributed by atoms with Gasteiger partial charge >= 0.3 is 0 Å². The first-order valence-electron chi connectivity index (χ1n) is 10.2. The van der Waals surface area contributed by atoms with Gasteiger partial charge in [0.05, 0.1) is 31.6 Å². The number of fused-ring (bicyclic) bond motifs is 1. The minimum Gasteiger partial charge on any atom is -0.497 e. The maximum Gasteiger partial charge on any atom is 0.248 e.